The number of halogens is 4. The normalized spacial score (nSPS) is 20.7. The van der Waals surface area contributed by atoms with E-state index >= 15 is 0 Å². The number of hydrogen-bond acceptors (Lipinski definition) is 1. The number of allylic oxidation sites excluding steroid dienone is 3. The molecule has 0 heterocycles. The van der Waals surface area contributed by atoms with Crippen LogP contribution in [0.2, 0.25) is 5.02 Å². The van der Waals surface area contributed by atoms with Crippen LogP contribution in [0.15, 0.2) is 42.0 Å². The first-order valence-corrected chi connectivity index (χ1v) is 8.96. The number of rotatable bonds is 6. The second-order valence-corrected chi connectivity index (χ2v) is 7.54. The molecule has 6 heteroatoms. The average molecular weight is 386 g/mol. The topological polar surface area (TPSA) is 29.1 Å². The molecule has 1 aliphatic rings. The van der Waals surface area contributed by atoms with Gasteiger partial charge in [0, 0.05) is 12.6 Å². The van der Waals surface area contributed by atoms with Crippen LogP contribution in [0, 0.1) is 11.8 Å². The Morgan fingerprint density at radius 1 is 1.38 bits per heavy atom. The van der Waals surface area contributed by atoms with Crippen molar-refractivity contribution in [3.8, 4) is 0 Å². The lowest BCUT2D eigenvalue weighted by Gasteiger charge is -2.10. The molecule has 1 amide bonds. The van der Waals surface area contributed by atoms with Crippen LogP contribution in [0.4, 0.5) is 13.2 Å². The van der Waals surface area contributed by atoms with E-state index in [0.29, 0.717) is 18.0 Å². The monoisotopic (exact) mass is 385 g/mol. The molecule has 2 rings (SSSR count). The van der Waals surface area contributed by atoms with Crippen molar-refractivity contribution >= 4 is 17.5 Å². The van der Waals surface area contributed by atoms with Crippen molar-refractivity contribution in [1.82, 2.24) is 5.32 Å². The maximum absolute atomic E-state index is 13.0. The molecular weight excluding hydrogens is 363 g/mol. The molecule has 0 spiro atoms. The fourth-order valence-electron chi connectivity index (χ4n) is 2.69. The van der Waals surface area contributed by atoms with E-state index in [4.69, 9.17) is 11.6 Å². The Morgan fingerprint density at radius 2 is 2.08 bits per heavy atom. The number of hydrogen-bond donors (Lipinski definition) is 1. The van der Waals surface area contributed by atoms with Gasteiger partial charge in [0.25, 0.3) is 0 Å². The summed E-state index contributed by atoms with van der Waals surface area (Å²) in [5.74, 6) is 0.489. The molecular formula is C20H23ClF3NO. The van der Waals surface area contributed by atoms with Crippen molar-refractivity contribution in [1.29, 1.82) is 0 Å². The van der Waals surface area contributed by atoms with E-state index in [1.807, 2.05) is 32.9 Å². The molecule has 1 aliphatic carbocycles. The SMILES string of the molecule is CC(/C=C/C1CC1c1ccc(Cl)c(C(F)(F)F)c1)=C\C(=O)NCC(C)C. The summed E-state index contributed by atoms with van der Waals surface area (Å²) in [6, 6.07) is 4.10. The van der Waals surface area contributed by atoms with Gasteiger partial charge in [-0.05, 0) is 54.4 Å². The Morgan fingerprint density at radius 3 is 2.69 bits per heavy atom. The third kappa shape index (κ3) is 5.90. The molecule has 1 fully saturated rings. The minimum absolute atomic E-state index is 0.0622. The number of carbonyl (C=O) groups is 1. The Hall–Kier alpha value is -1.75. The molecule has 142 valence electrons. The van der Waals surface area contributed by atoms with Gasteiger partial charge in [-0.2, -0.15) is 13.2 Å². The number of alkyl halides is 3. The molecule has 1 aromatic rings. The molecule has 1 N–H and O–H groups in total. The zero-order chi connectivity index (χ0) is 19.5. The summed E-state index contributed by atoms with van der Waals surface area (Å²) in [5.41, 5.74) is 0.667. The summed E-state index contributed by atoms with van der Waals surface area (Å²) in [6.07, 6.45) is 1.67. The highest BCUT2D eigenvalue weighted by molar-refractivity contribution is 6.31. The lowest BCUT2D eigenvalue weighted by Crippen LogP contribution is -2.25. The molecule has 26 heavy (non-hydrogen) atoms. The highest BCUT2D eigenvalue weighted by atomic mass is 35.5. The minimum Gasteiger partial charge on any atom is -0.352 e. The molecule has 0 bridgehead atoms. The highest BCUT2D eigenvalue weighted by Gasteiger charge is 2.39. The van der Waals surface area contributed by atoms with Crippen molar-refractivity contribution in [2.45, 2.75) is 39.3 Å². The average Bonchev–Trinajstić information content (AvgIpc) is 3.30. The molecule has 2 unspecified atom stereocenters. The Balaban J connectivity index is 1.96. The highest BCUT2D eigenvalue weighted by Crippen LogP contribution is 2.50. The van der Waals surface area contributed by atoms with E-state index < -0.39 is 11.7 Å². The number of nitrogens with one attached hydrogen (secondary N) is 1. The van der Waals surface area contributed by atoms with Crippen LogP contribution in [0.3, 0.4) is 0 Å². The lowest BCUT2D eigenvalue weighted by molar-refractivity contribution is -0.137. The van der Waals surface area contributed by atoms with Crippen molar-refractivity contribution in [2.75, 3.05) is 6.54 Å². The van der Waals surface area contributed by atoms with Crippen molar-refractivity contribution in [2.24, 2.45) is 11.8 Å². The van der Waals surface area contributed by atoms with Gasteiger partial charge >= 0.3 is 6.18 Å². The summed E-state index contributed by atoms with van der Waals surface area (Å²) >= 11 is 5.66. The van der Waals surface area contributed by atoms with Gasteiger partial charge in [-0.25, -0.2) is 0 Å². The van der Waals surface area contributed by atoms with Crippen LogP contribution in [-0.4, -0.2) is 12.5 Å². The molecule has 1 saturated carbocycles. The van der Waals surface area contributed by atoms with Crippen LogP contribution in [-0.2, 0) is 11.0 Å². The number of amides is 1. The van der Waals surface area contributed by atoms with Gasteiger partial charge in [-0.1, -0.05) is 43.7 Å². The maximum atomic E-state index is 13.0. The Kier molecular flexibility index (Phi) is 6.56. The largest absolute Gasteiger partial charge is 0.417 e. The molecule has 2 atom stereocenters. The fraction of sp³-hybridized carbons (Fsp3) is 0.450. The smallest absolute Gasteiger partial charge is 0.352 e. The summed E-state index contributed by atoms with van der Waals surface area (Å²) in [6.45, 7) is 6.48. The zero-order valence-electron chi connectivity index (χ0n) is 15.0. The Labute approximate surface area is 157 Å². The van der Waals surface area contributed by atoms with Gasteiger partial charge in [0.15, 0.2) is 0 Å². The van der Waals surface area contributed by atoms with E-state index in [0.717, 1.165) is 18.1 Å². The molecule has 1 aromatic carbocycles. The first-order valence-electron chi connectivity index (χ1n) is 8.59. The maximum Gasteiger partial charge on any atom is 0.417 e. The molecule has 0 aromatic heterocycles. The van der Waals surface area contributed by atoms with E-state index in [2.05, 4.69) is 5.32 Å². The second-order valence-electron chi connectivity index (χ2n) is 7.13. The standard InChI is InChI=1S/C20H23ClF3NO/c1-12(2)11-25-19(26)8-13(3)4-5-14-9-16(14)15-6-7-18(21)17(10-15)20(22,23)24/h4-8,10,12,14,16H,9,11H2,1-3H3,(H,25,26)/b5-4+,13-8+. The third-order valence-electron chi connectivity index (χ3n) is 4.21. The first kappa shape index (κ1) is 20.6. The second kappa shape index (κ2) is 8.30. The predicted molar refractivity (Wildman–Crippen MR) is 98.0 cm³/mol. The number of carbonyl (C=O) groups excluding carboxylic acids is 1. The van der Waals surface area contributed by atoms with Crippen LogP contribution >= 0.6 is 11.6 Å². The molecule has 0 saturated heterocycles. The van der Waals surface area contributed by atoms with Crippen LogP contribution in [0.1, 0.15) is 44.2 Å². The summed E-state index contributed by atoms with van der Waals surface area (Å²) in [7, 11) is 0. The van der Waals surface area contributed by atoms with Gasteiger partial charge in [-0.15, -0.1) is 0 Å². The molecule has 0 aliphatic heterocycles. The quantitative estimate of drug-likeness (QED) is 0.491. The van der Waals surface area contributed by atoms with E-state index in [9.17, 15) is 18.0 Å². The van der Waals surface area contributed by atoms with Crippen LogP contribution in [0.25, 0.3) is 0 Å². The van der Waals surface area contributed by atoms with Crippen molar-refractivity contribution < 1.29 is 18.0 Å². The first-order chi connectivity index (χ1) is 12.1. The third-order valence-corrected chi connectivity index (χ3v) is 4.54. The summed E-state index contributed by atoms with van der Waals surface area (Å²) < 4.78 is 38.9. The van der Waals surface area contributed by atoms with E-state index in [1.54, 1.807) is 6.07 Å². The molecule has 0 radical (unpaired) electrons. The predicted octanol–water partition coefficient (Wildman–Crippen LogP) is 5.74. The Bertz CT molecular complexity index is 722. The summed E-state index contributed by atoms with van der Waals surface area (Å²) in [4.78, 5) is 11.7. The van der Waals surface area contributed by atoms with Gasteiger partial charge in [0.05, 0.1) is 10.6 Å². The van der Waals surface area contributed by atoms with Crippen LogP contribution in [0.5, 0.6) is 0 Å². The molecule has 2 nitrogen and oxygen atoms in total. The minimum atomic E-state index is -4.45. The van der Waals surface area contributed by atoms with E-state index in [1.165, 1.54) is 12.1 Å². The van der Waals surface area contributed by atoms with Crippen molar-refractivity contribution in [3.63, 3.8) is 0 Å². The van der Waals surface area contributed by atoms with Crippen molar-refractivity contribution in [3.05, 3.63) is 58.1 Å². The van der Waals surface area contributed by atoms with Gasteiger partial charge in [0.1, 0.15) is 0 Å². The van der Waals surface area contributed by atoms with Gasteiger partial charge in [0.2, 0.25) is 5.91 Å². The number of benzene rings is 1. The van der Waals surface area contributed by atoms with Crippen LogP contribution < -0.4 is 5.32 Å². The van der Waals surface area contributed by atoms with Gasteiger partial charge in [-0.3, -0.25) is 4.79 Å². The van der Waals surface area contributed by atoms with Gasteiger partial charge < -0.3 is 5.32 Å². The van der Waals surface area contributed by atoms with E-state index in [-0.39, 0.29) is 22.8 Å². The summed E-state index contributed by atoms with van der Waals surface area (Å²) in [5, 5.41) is 2.53. The fourth-order valence-corrected chi connectivity index (χ4v) is 2.91. The lowest BCUT2D eigenvalue weighted by atomic mass is 10.0. The zero-order valence-corrected chi connectivity index (χ0v) is 15.8.